The monoisotopic (exact) mass is 267 g/mol. The molecule has 0 aromatic heterocycles. The highest BCUT2D eigenvalue weighted by Gasteiger charge is 2.37. The Hall–Kier alpha value is -2.13. The van der Waals surface area contributed by atoms with Gasteiger partial charge in [-0.25, -0.2) is 5.06 Å². The molecule has 2 aromatic rings. The third-order valence-electron chi connectivity index (χ3n) is 3.54. The van der Waals surface area contributed by atoms with Crippen LogP contribution in [0.25, 0.3) is 0 Å². The molecule has 1 saturated heterocycles. The SMILES string of the molecule is O=C1C(Cc2ccccc2)CN1OCc1ccccc1. The highest BCUT2D eigenvalue weighted by atomic mass is 16.7. The van der Waals surface area contributed by atoms with Gasteiger partial charge in [-0.2, -0.15) is 0 Å². The zero-order valence-corrected chi connectivity index (χ0v) is 11.2. The third kappa shape index (κ3) is 2.89. The number of carbonyl (C=O) groups is 1. The molecular formula is C17H17NO2. The largest absolute Gasteiger partial charge is 0.272 e. The molecular weight excluding hydrogens is 250 g/mol. The molecule has 1 atom stereocenters. The molecule has 1 unspecified atom stereocenters. The van der Waals surface area contributed by atoms with Crippen LogP contribution in [0, 0.1) is 5.92 Å². The summed E-state index contributed by atoms with van der Waals surface area (Å²) in [4.78, 5) is 17.5. The molecule has 3 nitrogen and oxygen atoms in total. The fraction of sp³-hybridized carbons (Fsp3) is 0.235. The number of hydrogen-bond acceptors (Lipinski definition) is 2. The lowest BCUT2D eigenvalue weighted by molar-refractivity contribution is -0.225. The smallest absolute Gasteiger partial charge is 0.251 e. The predicted octanol–water partition coefficient (Wildman–Crippen LogP) is 2.82. The first kappa shape index (κ1) is 12.9. The van der Waals surface area contributed by atoms with Gasteiger partial charge in [0.05, 0.1) is 12.5 Å². The van der Waals surface area contributed by atoms with E-state index in [1.54, 1.807) is 0 Å². The van der Waals surface area contributed by atoms with E-state index in [2.05, 4.69) is 12.1 Å². The predicted molar refractivity (Wildman–Crippen MR) is 76.6 cm³/mol. The Labute approximate surface area is 118 Å². The number of benzene rings is 2. The molecule has 0 aliphatic carbocycles. The molecule has 1 amide bonds. The lowest BCUT2D eigenvalue weighted by Crippen LogP contribution is -2.52. The first-order valence-electron chi connectivity index (χ1n) is 6.85. The first-order valence-corrected chi connectivity index (χ1v) is 6.85. The zero-order valence-electron chi connectivity index (χ0n) is 11.2. The molecule has 0 saturated carbocycles. The standard InChI is InChI=1S/C17H17NO2/c19-17-16(11-14-7-3-1-4-8-14)12-18(17)20-13-15-9-5-2-6-10-15/h1-10,16H,11-13H2. The van der Waals surface area contributed by atoms with Gasteiger partial charge in [-0.15, -0.1) is 0 Å². The molecule has 2 aromatic carbocycles. The number of carbonyl (C=O) groups excluding carboxylic acids is 1. The zero-order chi connectivity index (χ0) is 13.8. The van der Waals surface area contributed by atoms with Gasteiger partial charge in [0.25, 0.3) is 5.91 Å². The molecule has 1 heterocycles. The molecule has 0 spiro atoms. The van der Waals surface area contributed by atoms with Crippen LogP contribution in [-0.2, 0) is 22.7 Å². The number of rotatable bonds is 5. The van der Waals surface area contributed by atoms with Crippen molar-refractivity contribution in [2.75, 3.05) is 6.54 Å². The van der Waals surface area contributed by atoms with Gasteiger partial charge in [0.2, 0.25) is 0 Å². The van der Waals surface area contributed by atoms with E-state index in [9.17, 15) is 4.79 Å². The molecule has 1 fully saturated rings. The highest BCUT2D eigenvalue weighted by Crippen LogP contribution is 2.23. The van der Waals surface area contributed by atoms with Gasteiger partial charge in [0.15, 0.2) is 0 Å². The second-order valence-electron chi connectivity index (χ2n) is 5.04. The Morgan fingerprint density at radius 3 is 2.15 bits per heavy atom. The molecule has 0 bridgehead atoms. The van der Waals surface area contributed by atoms with Crippen LogP contribution in [-0.4, -0.2) is 17.5 Å². The first-order chi connectivity index (χ1) is 9.83. The van der Waals surface area contributed by atoms with Crippen LogP contribution in [0.5, 0.6) is 0 Å². The Morgan fingerprint density at radius 1 is 0.950 bits per heavy atom. The Balaban J connectivity index is 1.47. The van der Waals surface area contributed by atoms with Crippen LogP contribution in [0.3, 0.4) is 0 Å². The van der Waals surface area contributed by atoms with Crippen LogP contribution in [0.4, 0.5) is 0 Å². The second kappa shape index (κ2) is 5.88. The van der Waals surface area contributed by atoms with Gasteiger partial charge >= 0.3 is 0 Å². The van der Waals surface area contributed by atoms with Gasteiger partial charge in [-0.05, 0) is 17.5 Å². The van der Waals surface area contributed by atoms with Crippen LogP contribution in [0.1, 0.15) is 11.1 Å². The summed E-state index contributed by atoms with van der Waals surface area (Å²) in [6, 6.07) is 20.0. The quantitative estimate of drug-likeness (QED) is 0.780. The number of amides is 1. The minimum absolute atomic E-state index is 0.0631. The molecule has 20 heavy (non-hydrogen) atoms. The molecule has 102 valence electrons. The van der Waals surface area contributed by atoms with Gasteiger partial charge < -0.3 is 0 Å². The fourth-order valence-corrected chi connectivity index (χ4v) is 2.35. The lowest BCUT2D eigenvalue weighted by Gasteiger charge is -2.37. The second-order valence-corrected chi connectivity index (χ2v) is 5.04. The van der Waals surface area contributed by atoms with E-state index in [1.165, 1.54) is 10.6 Å². The molecule has 0 N–H and O–H groups in total. The maximum atomic E-state index is 12.0. The average Bonchev–Trinajstić information content (AvgIpc) is 2.52. The summed E-state index contributed by atoms with van der Waals surface area (Å²) < 4.78 is 0. The third-order valence-corrected chi connectivity index (χ3v) is 3.54. The van der Waals surface area contributed by atoms with Crippen molar-refractivity contribution < 1.29 is 9.63 Å². The topological polar surface area (TPSA) is 29.5 Å². The Kier molecular flexibility index (Phi) is 3.79. The van der Waals surface area contributed by atoms with E-state index < -0.39 is 0 Å². The van der Waals surface area contributed by atoms with E-state index in [4.69, 9.17) is 4.84 Å². The maximum Gasteiger partial charge on any atom is 0.251 e. The minimum atomic E-state index is 0.0631. The van der Waals surface area contributed by atoms with Gasteiger partial charge in [0, 0.05) is 0 Å². The Morgan fingerprint density at radius 2 is 1.55 bits per heavy atom. The summed E-state index contributed by atoms with van der Waals surface area (Å²) in [6.45, 7) is 1.13. The van der Waals surface area contributed by atoms with E-state index in [-0.39, 0.29) is 11.8 Å². The van der Waals surface area contributed by atoms with Crippen molar-refractivity contribution in [3.05, 3.63) is 71.8 Å². The van der Waals surface area contributed by atoms with Gasteiger partial charge in [-0.1, -0.05) is 60.7 Å². The van der Waals surface area contributed by atoms with Crippen LogP contribution >= 0.6 is 0 Å². The van der Waals surface area contributed by atoms with E-state index >= 15 is 0 Å². The van der Waals surface area contributed by atoms with E-state index in [0.717, 1.165) is 12.0 Å². The normalized spacial score (nSPS) is 17.9. The molecule has 0 radical (unpaired) electrons. The molecule has 3 rings (SSSR count). The van der Waals surface area contributed by atoms with Crippen molar-refractivity contribution in [3.8, 4) is 0 Å². The summed E-state index contributed by atoms with van der Waals surface area (Å²) in [5, 5.41) is 1.47. The minimum Gasteiger partial charge on any atom is -0.272 e. The van der Waals surface area contributed by atoms with Crippen molar-refractivity contribution in [1.29, 1.82) is 0 Å². The van der Waals surface area contributed by atoms with Crippen LogP contribution in [0.2, 0.25) is 0 Å². The lowest BCUT2D eigenvalue weighted by atomic mass is 9.93. The number of hydrogen-bond donors (Lipinski definition) is 0. The summed E-state index contributed by atoms with van der Waals surface area (Å²) >= 11 is 0. The van der Waals surface area contributed by atoms with Crippen molar-refractivity contribution in [3.63, 3.8) is 0 Å². The van der Waals surface area contributed by atoms with Crippen molar-refractivity contribution in [1.82, 2.24) is 5.06 Å². The average molecular weight is 267 g/mol. The highest BCUT2D eigenvalue weighted by molar-refractivity contribution is 5.83. The van der Waals surface area contributed by atoms with Gasteiger partial charge in [0.1, 0.15) is 6.61 Å². The Bertz CT molecular complexity index is 568. The molecule has 1 aliphatic heterocycles. The number of hydroxylamine groups is 2. The number of nitrogens with zero attached hydrogens (tertiary/aromatic N) is 1. The van der Waals surface area contributed by atoms with Crippen molar-refractivity contribution >= 4 is 5.91 Å². The summed E-state index contributed by atoms with van der Waals surface area (Å²) in [6.07, 6.45) is 0.796. The summed E-state index contributed by atoms with van der Waals surface area (Å²) in [5.41, 5.74) is 2.28. The number of β-lactam (4-membered cyclic amide) rings is 1. The van der Waals surface area contributed by atoms with Crippen LogP contribution < -0.4 is 0 Å². The summed E-state index contributed by atoms with van der Waals surface area (Å²) in [5.74, 6) is 0.151. The maximum absolute atomic E-state index is 12.0. The van der Waals surface area contributed by atoms with Crippen molar-refractivity contribution in [2.45, 2.75) is 13.0 Å². The van der Waals surface area contributed by atoms with Gasteiger partial charge in [-0.3, -0.25) is 9.63 Å². The van der Waals surface area contributed by atoms with Crippen LogP contribution in [0.15, 0.2) is 60.7 Å². The van der Waals surface area contributed by atoms with Crippen molar-refractivity contribution in [2.24, 2.45) is 5.92 Å². The molecule has 3 heteroatoms. The van der Waals surface area contributed by atoms with E-state index in [0.29, 0.717) is 13.2 Å². The fourth-order valence-electron chi connectivity index (χ4n) is 2.35. The van der Waals surface area contributed by atoms with E-state index in [1.807, 2.05) is 48.5 Å². The summed E-state index contributed by atoms with van der Waals surface area (Å²) in [7, 11) is 0. The molecule has 1 aliphatic rings.